The topological polar surface area (TPSA) is 62.5 Å². The van der Waals surface area contributed by atoms with Crippen LogP contribution in [0.2, 0.25) is 0 Å². The fraction of sp³-hybridized carbons (Fsp3) is 0.250. The minimum Gasteiger partial charge on any atom is -0.481 e. The molecule has 1 N–H and O–H groups in total. The monoisotopic (exact) mass is 284 g/mol. The van der Waals surface area contributed by atoms with Crippen LogP contribution in [0.15, 0.2) is 36.5 Å². The number of fused-ring (bicyclic) bond motifs is 3. The van der Waals surface area contributed by atoms with E-state index in [2.05, 4.69) is 4.57 Å². The lowest BCUT2D eigenvalue weighted by Crippen LogP contribution is -2.35. The first-order valence-electron chi connectivity index (χ1n) is 6.85. The van der Waals surface area contributed by atoms with Crippen LogP contribution in [0.25, 0.3) is 5.69 Å². The van der Waals surface area contributed by atoms with E-state index >= 15 is 0 Å². The molecule has 0 saturated carbocycles. The fourth-order valence-electron chi connectivity index (χ4n) is 2.65. The van der Waals surface area contributed by atoms with E-state index in [0.717, 1.165) is 22.6 Å². The van der Waals surface area contributed by atoms with Crippen molar-refractivity contribution in [1.29, 1.82) is 0 Å². The van der Waals surface area contributed by atoms with Gasteiger partial charge in [0.05, 0.1) is 24.3 Å². The number of aryl methyl sites for hydroxylation is 1. The van der Waals surface area contributed by atoms with Crippen molar-refractivity contribution in [2.75, 3.05) is 4.90 Å². The maximum atomic E-state index is 12.4. The molecular formula is C16H16N2O3. The van der Waals surface area contributed by atoms with E-state index in [9.17, 15) is 9.59 Å². The number of hydrogen-bond acceptors (Lipinski definition) is 2. The molecule has 0 radical (unpaired) electrons. The average molecular weight is 284 g/mol. The zero-order chi connectivity index (χ0) is 15.0. The number of benzene rings is 1. The number of hydrogen-bond donors (Lipinski definition) is 1. The first-order chi connectivity index (χ1) is 10.1. The van der Waals surface area contributed by atoms with Crippen molar-refractivity contribution in [3.8, 4) is 5.69 Å². The minimum absolute atomic E-state index is 0.0173. The number of carboxylic acids is 1. The molecule has 5 nitrogen and oxygen atoms in total. The van der Waals surface area contributed by atoms with E-state index < -0.39 is 5.97 Å². The van der Waals surface area contributed by atoms with Gasteiger partial charge in [0, 0.05) is 18.3 Å². The number of carbonyl (C=O) groups is 2. The summed E-state index contributed by atoms with van der Waals surface area (Å²) in [6, 6.07) is 9.89. The molecule has 1 aromatic carbocycles. The second kappa shape index (κ2) is 5.09. The molecule has 0 spiro atoms. The molecule has 2 heterocycles. The summed E-state index contributed by atoms with van der Waals surface area (Å²) >= 11 is 0. The van der Waals surface area contributed by atoms with E-state index in [1.165, 1.54) is 0 Å². The van der Waals surface area contributed by atoms with Gasteiger partial charge in [-0.15, -0.1) is 0 Å². The van der Waals surface area contributed by atoms with Crippen LogP contribution in [-0.4, -0.2) is 21.6 Å². The van der Waals surface area contributed by atoms with Crippen molar-refractivity contribution in [1.82, 2.24) is 4.57 Å². The summed E-state index contributed by atoms with van der Waals surface area (Å²) in [6.07, 6.45) is 1.85. The van der Waals surface area contributed by atoms with Crippen molar-refractivity contribution in [3.63, 3.8) is 0 Å². The van der Waals surface area contributed by atoms with Crippen molar-refractivity contribution < 1.29 is 14.7 Å². The lowest BCUT2D eigenvalue weighted by molar-refractivity contribution is -0.138. The van der Waals surface area contributed by atoms with Crippen LogP contribution < -0.4 is 4.90 Å². The molecular weight excluding hydrogens is 268 g/mol. The Morgan fingerprint density at radius 1 is 1.19 bits per heavy atom. The highest BCUT2D eigenvalue weighted by Crippen LogP contribution is 2.33. The van der Waals surface area contributed by atoms with Gasteiger partial charge in [-0.25, -0.2) is 0 Å². The highest BCUT2D eigenvalue weighted by Gasteiger charge is 2.26. The Labute approximate surface area is 122 Å². The van der Waals surface area contributed by atoms with Gasteiger partial charge < -0.3 is 14.6 Å². The van der Waals surface area contributed by atoms with Gasteiger partial charge in [0.25, 0.3) is 0 Å². The normalized spacial score (nSPS) is 12.7. The lowest BCUT2D eigenvalue weighted by Gasteiger charge is -2.31. The molecule has 5 heteroatoms. The van der Waals surface area contributed by atoms with Crippen molar-refractivity contribution in [2.45, 2.75) is 26.3 Å². The highest BCUT2D eigenvalue weighted by atomic mass is 16.4. The smallest absolute Gasteiger partial charge is 0.303 e. The number of anilines is 1. The Kier molecular flexibility index (Phi) is 3.25. The van der Waals surface area contributed by atoms with Gasteiger partial charge in [-0.05, 0) is 36.8 Å². The van der Waals surface area contributed by atoms with E-state index in [1.54, 1.807) is 4.90 Å². The van der Waals surface area contributed by atoms with E-state index in [0.29, 0.717) is 6.54 Å². The van der Waals surface area contributed by atoms with Gasteiger partial charge in [0.15, 0.2) is 0 Å². The molecule has 1 amide bonds. The molecule has 1 aromatic heterocycles. The van der Waals surface area contributed by atoms with Crippen LogP contribution in [0.1, 0.15) is 24.1 Å². The van der Waals surface area contributed by atoms with Crippen molar-refractivity contribution in [2.24, 2.45) is 0 Å². The van der Waals surface area contributed by atoms with Crippen LogP contribution in [0.5, 0.6) is 0 Å². The molecule has 0 unspecified atom stereocenters. The third kappa shape index (κ3) is 2.42. The first kappa shape index (κ1) is 13.4. The summed E-state index contributed by atoms with van der Waals surface area (Å²) in [5.74, 6) is -1.11. The molecule has 0 aliphatic carbocycles. The molecule has 0 fully saturated rings. The Morgan fingerprint density at radius 3 is 2.76 bits per heavy atom. The molecule has 108 valence electrons. The zero-order valence-electron chi connectivity index (χ0n) is 11.7. The lowest BCUT2D eigenvalue weighted by atomic mass is 10.1. The second-order valence-electron chi connectivity index (χ2n) is 5.24. The Bertz CT molecular complexity index is 718. The molecule has 0 saturated heterocycles. The number of nitrogens with zero attached hydrogens (tertiary/aromatic N) is 2. The fourth-order valence-corrected chi connectivity index (χ4v) is 2.65. The number of amides is 1. The summed E-state index contributed by atoms with van der Waals surface area (Å²) in [5, 5.41) is 8.75. The third-order valence-electron chi connectivity index (χ3n) is 3.69. The maximum Gasteiger partial charge on any atom is 0.303 e. The largest absolute Gasteiger partial charge is 0.481 e. The van der Waals surface area contributed by atoms with Gasteiger partial charge in [-0.2, -0.15) is 0 Å². The Balaban J connectivity index is 1.99. The summed E-state index contributed by atoms with van der Waals surface area (Å²) < 4.78 is 2.07. The van der Waals surface area contributed by atoms with Crippen LogP contribution in [0.3, 0.4) is 0 Å². The van der Waals surface area contributed by atoms with Gasteiger partial charge in [0.1, 0.15) is 0 Å². The molecule has 1 aliphatic rings. The van der Waals surface area contributed by atoms with Gasteiger partial charge in [-0.1, -0.05) is 6.07 Å². The summed E-state index contributed by atoms with van der Waals surface area (Å²) in [6.45, 7) is 2.45. The quantitative estimate of drug-likeness (QED) is 0.942. The van der Waals surface area contributed by atoms with Crippen LogP contribution in [-0.2, 0) is 16.1 Å². The highest BCUT2D eigenvalue weighted by molar-refractivity contribution is 5.97. The van der Waals surface area contributed by atoms with Crippen LogP contribution >= 0.6 is 0 Å². The number of aromatic nitrogens is 1. The average Bonchev–Trinajstić information content (AvgIpc) is 2.91. The van der Waals surface area contributed by atoms with Crippen molar-refractivity contribution >= 4 is 17.6 Å². The number of aliphatic carboxylic acids is 1. The minimum atomic E-state index is -0.951. The molecule has 0 bridgehead atoms. The summed E-state index contributed by atoms with van der Waals surface area (Å²) in [5.41, 5.74) is 3.89. The molecule has 1 aliphatic heterocycles. The maximum absolute atomic E-state index is 12.4. The first-order valence-corrected chi connectivity index (χ1v) is 6.85. The number of carbonyl (C=O) groups excluding carboxylic acids is 1. The predicted molar refractivity (Wildman–Crippen MR) is 78.6 cm³/mol. The SMILES string of the molecule is Cc1ccc2c(c1)N(C(=O)CCC(=O)O)Cc1cccn1-2. The van der Waals surface area contributed by atoms with Gasteiger partial charge >= 0.3 is 5.97 Å². The zero-order valence-corrected chi connectivity index (χ0v) is 11.7. The van der Waals surface area contributed by atoms with E-state index in [-0.39, 0.29) is 18.7 Å². The van der Waals surface area contributed by atoms with Gasteiger partial charge in [0.2, 0.25) is 5.91 Å². The van der Waals surface area contributed by atoms with E-state index in [1.807, 2.05) is 43.5 Å². The number of rotatable bonds is 3. The molecule has 2 aromatic rings. The van der Waals surface area contributed by atoms with Crippen molar-refractivity contribution in [3.05, 3.63) is 47.8 Å². The third-order valence-corrected chi connectivity index (χ3v) is 3.69. The molecule has 21 heavy (non-hydrogen) atoms. The summed E-state index contributed by atoms with van der Waals surface area (Å²) in [4.78, 5) is 24.7. The Hall–Kier alpha value is -2.56. The number of carboxylic acid groups (broad SMARTS) is 1. The standard InChI is InChI=1S/C16H16N2O3/c1-11-4-5-13-14(9-11)18(15(19)6-7-16(20)21)10-12-3-2-8-17(12)13/h2-5,8-9H,6-7,10H2,1H3,(H,20,21). The van der Waals surface area contributed by atoms with Crippen LogP contribution in [0, 0.1) is 6.92 Å². The molecule has 3 rings (SSSR count). The van der Waals surface area contributed by atoms with E-state index in [4.69, 9.17) is 5.11 Å². The second-order valence-corrected chi connectivity index (χ2v) is 5.24. The van der Waals surface area contributed by atoms with Crippen LogP contribution in [0.4, 0.5) is 5.69 Å². The molecule has 0 atom stereocenters. The Morgan fingerprint density at radius 2 is 2.00 bits per heavy atom. The predicted octanol–water partition coefficient (Wildman–Crippen LogP) is 2.50. The van der Waals surface area contributed by atoms with Gasteiger partial charge in [-0.3, -0.25) is 9.59 Å². The summed E-state index contributed by atoms with van der Waals surface area (Å²) in [7, 11) is 0.